The van der Waals surface area contributed by atoms with Crippen LogP contribution in [0.1, 0.15) is 27.9 Å². The lowest BCUT2D eigenvalue weighted by atomic mass is 9.80. The van der Waals surface area contributed by atoms with Crippen molar-refractivity contribution in [1.82, 2.24) is 0 Å². The normalized spacial score (nSPS) is 22.0. The van der Waals surface area contributed by atoms with Gasteiger partial charge < -0.3 is 0 Å². The molecular weight excluding hydrogens is 303 g/mol. The molecule has 0 aromatic heterocycles. The minimum Gasteiger partial charge on any atom is -0.207 e. The van der Waals surface area contributed by atoms with E-state index in [-0.39, 0.29) is 5.82 Å². The monoisotopic (exact) mass is 318 g/mol. The van der Waals surface area contributed by atoms with Gasteiger partial charge in [0.05, 0.1) is 0 Å². The first-order valence-electron chi connectivity index (χ1n) is 6.71. The fraction of sp³-hybridized carbons (Fsp3) is 0.294. The van der Waals surface area contributed by atoms with E-state index in [0.717, 1.165) is 24.8 Å². The molecule has 0 nitrogen and oxygen atoms in total. The largest absolute Gasteiger partial charge is 0.207 e. The molecule has 0 amide bonds. The number of rotatable bonds is 2. The van der Waals surface area contributed by atoms with Crippen molar-refractivity contribution in [3.63, 3.8) is 0 Å². The summed E-state index contributed by atoms with van der Waals surface area (Å²) in [5, 5.41) is 0. The molecule has 1 aliphatic rings. The molecule has 2 aromatic carbocycles. The van der Waals surface area contributed by atoms with Crippen LogP contribution >= 0.6 is 15.9 Å². The predicted molar refractivity (Wildman–Crippen MR) is 80.0 cm³/mol. The maximum absolute atomic E-state index is 13.8. The van der Waals surface area contributed by atoms with Crippen LogP contribution in [0, 0.1) is 11.7 Å². The average molecular weight is 319 g/mol. The van der Waals surface area contributed by atoms with Crippen molar-refractivity contribution in [2.45, 2.75) is 24.1 Å². The number of fused-ring (bicyclic) bond motifs is 1. The Morgan fingerprint density at radius 1 is 1.05 bits per heavy atom. The van der Waals surface area contributed by atoms with Crippen molar-refractivity contribution in [1.29, 1.82) is 0 Å². The van der Waals surface area contributed by atoms with Gasteiger partial charge in [-0.15, -0.1) is 0 Å². The average Bonchev–Trinajstić information content (AvgIpc) is 2.44. The summed E-state index contributed by atoms with van der Waals surface area (Å²) in [7, 11) is 0. The summed E-state index contributed by atoms with van der Waals surface area (Å²) in [5.41, 5.74) is 3.63. The van der Waals surface area contributed by atoms with Crippen LogP contribution in [0.5, 0.6) is 0 Å². The van der Waals surface area contributed by atoms with Gasteiger partial charge in [0.15, 0.2) is 0 Å². The van der Waals surface area contributed by atoms with Crippen molar-refractivity contribution >= 4 is 15.9 Å². The Morgan fingerprint density at radius 2 is 1.79 bits per heavy atom. The molecular formula is C17H16BrF. The summed E-state index contributed by atoms with van der Waals surface area (Å²) in [6.07, 6.45) is 3.01. The Morgan fingerprint density at radius 3 is 2.63 bits per heavy atom. The van der Waals surface area contributed by atoms with E-state index in [1.165, 1.54) is 11.1 Å². The lowest BCUT2D eigenvalue weighted by Crippen LogP contribution is -2.19. The van der Waals surface area contributed by atoms with E-state index >= 15 is 0 Å². The van der Waals surface area contributed by atoms with E-state index in [0.29, 0.717) is 10.7 Å². The van der Waals surface area contributed by atoms with Gasteiger partial charge in [-0.3, -0.25) is 0 Å². The van der Waals surface area contributed by atoms with Crippen LogP contribution < -0.4 is 0 Å². The van der Waals surface area contributed by atoms with Gasteiger partial charge in [0.25, 0.3) is 0 Å². The molecule has 0 saturated heterocycles. The molecule has 0 fully saturated rings. The molecule has 19 heavy (non-hydrogen) atoms. The van der Waals surface area contributed by atoms with Gasteiger partial charge in [0.2, 0.25) is 0 Å². The van der Waals surface area contributed by atoms with E-state index in [1.807, 2.05) is 12.1 Å². The highest BCUT2D eigenvalue weighted by Crippen LogP contribution is 2.42. The van der Waals surface area contributed by atoms with Crippen LogP contribution in [-0.2, 0) is 12.8 Å². The number of hydrogen-bond donors (Lipinski definition) is 0. The summed E-state index contributed by atoms with van der Waals surface area (Å²) in [4.78, 5) is 0.331. The molecule has 0 radical (unpaired) electrons. The zero-order valence-corrected chi connectivity index (χ0v) is 12.2. The first-order chi connectivity index (χ1) is 9.25. The van der Waals surface area contributed by atoms with Crippen LogP contribution in [0.4, 0.5) is 4.39 Å². The summed E-state index contributed by atoms with van der Waals surface area (Å²) in [5.74, 6) is 0.382. The zero-order valence-electron chi connectivity index (χ0n) is 10.7. The topological polar surface area (TPSA) is 0 Å². The molecule has 98 valence electrons. The van der Waals surface area contributed by atoms with E-state index in [4.69, 9.17) is 0 Å². The fourth-order valence-corrected chi connectivity index (χ4v) is 3.82. The number of halogens is 2. The quantitative estimate of drug-likeness (QED) is 0.678. The molecule has 2 unspecified atom stereocenters. The van der Waals surface area contributed by atoms with E-state index in [2.05, 4.69) is 40.2 Å². The summed E-state index contributed by atoms with van der Waals surface area (Å²) in [6.45, 7) is 0. The molecule has 0 aliphatic heterocycles. The van der Waals surface area contributed by atoms with Crippen molar-refractivity contribution in [2.75, 3.05) is 0 Å². The van der Waals surface area contributed by atoms with Crippen LogP contribution in [0.25, 0.3) is 0 Å². The Bertz CT molecular complexity index is 579. The number of hydrogen-bond acceptors (Lipinski definition) is 0. The SMILES string of the molecule is Fc1ccccc1CC1CCc2ccccc2C1Br. The minimum absolute atomic E-state index is 0.0824. The van der Waals surface area contributed by atoms with Crippen LogP contribution in [0.2, 0.25) is 0 Å². The highest BCUT2D eigenvalue weighted by atomic mass is 79.9. The third-order valence-corrected chi connectivity index (χ3v) is 5.23. The van der Waals surface area contributed by atoms with Gasteiger partial charge in [0.1, 0.15) is 5.82 Å². The molecule has 2 heteroatoms. The molecule has 2 aromatic rings. The third kappa shape index (κ3) is 2.59. The zero-order chi connectivity index (χ0) is 13.2. The Kier molecular flexibility index (Phi) is 3.69. The van der Waals surface area contributed by atoms with Gasteiger partial charge in [-0.25, -0.2) is 4.39 Å². The second kappa shape index (κ2) is 5.46. The number of benzene rings is 2. The van der Waals surface area contributed by atoms with Crippen LogP contribution in [0.3, 0.4) is 0 Å². The summed E-state index contributed by atoms with van der Waals surface area (Å²) in [6, 6.07) is 15.7. The second-order valence-electron chi connectivity index (χ2n) is 5.19. The lowest BCUT2D eigenvalue weighted by Gasteiger charge is -2.30. The van der Waals surface area contributed by atoms with Crippen molar-refractivity contribution in [2.24, 2.45) is 5.92 Å². The van der Waals surface area contributed by atoms with Gasteiger partial charge in [-0.1, -0.05) is 58.4 Å². The molecule has 3 rings (SSSR count). The van der Waals surface area contributed by atoms with Crippen molar-refractivity contribution < 1.29 is 4.39 Å². The third-order valence-electron chi connectivity index (χ3n) is 3.99. The van der Waals surface area contributed by atoms with E-state index in [9.17, 15) is 4.39 Å². The van der Waals surface area contributed by atoms with Crippen molar-refractivity contribution in [3.8, 4) is 0 Å². The minimum atomic E-state index is -0.0824. The highest BCUT2D eigenvalue weighted by molar-refractivity contribution is 9.09. The molecule has 0 spiro atoms. The summed E-state index contributed by atoms with van der Waals surface area (Å²) >= 11 is 3.81. The maximum atomic E-state index is 13.8. The molecule has 2 atom stereocenters. The van der Waals surface area contributed by atoms with Gasteiger partial charge in [-0.2, -0.15) is 0 Å². The Balaban J connectivity index is 1.83. The first kappa shape index (κ1) is 12.9. The van der Waals surface area contributed by atoms with Crippen molar-refractivity contribution in [3.05, 3.63) is 71.0 Å². The smallest absolute Gasteiger partial charge is 0.126 e. The Hall–Kier alpha value is -1.15. The number of aryl methyl sites for hydroxylation is 1. The molecule has 0 N–H and O–H groups in total. The van der Waals surface area contributed by atoms with E-state index < -0.39 is 0 Å². The van der Waals surface area contributed by atoms with Gasteiger partial charge in [0, 0.05) is 4.83 Å². The number of alkyl halides is 1. The fourth-order valence-electron chi connectivity index (χ4n) is 2.92. The van der Waals surface area contributed by atoms with Gasteiger partial charge >= 0.3 is 0 Å². The molecule has 0 heterocycles. The van der Waals surface area contributed by atoms with E-state index in [1.54, 1.807) is 12.1 Å². The molecule has 0 saturated carbocycles. The second-order valence-corrected chi connectivity index (χ2v) is 6.18. The standard InChI is InChI=1S/C17H16BrF/c18-17-14(11-13-6-2-4-8-16(13)19)10-9-12-5-1-3-7-15(12)17/h1-8,14,17H,9-11H2. The Labute approximate surface area is 121 Å². The van der Waals surface area contributed by atoms with Gasteiger partial charge in [-0.05, 0) is 47.9 Å². The predicted octanol–water partition coefficient (Wildman–Crippen LogP) is 5.07. The summed E-state index contributed by atoms with van der Waals surface area (Å²) < 4.78 is 13.8. The van der Waals surface area contributed by atoms with Crippen LogP contribution in [0.15, 0.2) is 48.5 Å². The maximum Gasteiger partial charge on any atom is 0.126 e. The highest BCUT2D eigenvalue weighted by Gasteiger charge is 2.27. The molecule has 0 bridgehead atoms. The lowest BCUT2D eigenvalue weighted by molar-refractivity contribution is 0.443. The van der Waals surface area contributed by atoms with Crippen LogP contribution in [-0.4, -0.2) is 0 Å². The first-order valence-corrected chi connectivity index (χ1v) is 7.62. The molecule has 1 aliphatic carbocycles.